The Morgan fingerprint density at radius 2 is 1.91 bits per heavy atom. The number of carbonyl (C=O) groups is 1. The summed E-state index contributed by atoms with van der Waals surface area (Å²) in [6.07, 6.45) is 5.25. The Bertz CT molecular complexity index is 616. The van der Waals surface area contributed by atoms with E-state index in [0.717, 1.165) is 11.0 Å². The van der Waals surface area contributed by atoms with Crippen molar-refractivity contribution >= 4 is 35.8 Å². The van der Waals surface area contributed by atoms with Crippen LogP contribution >= 0.6 is 11.8 Å². The van der Waals surface area contributed by atoms with Gasteiger partial charge in [-0.3, -0.25) is 9.78 Å². The Morgan fingerprint density at radius 1 is 1.30 bits per heavy atom. The highest BCUT2D eigenvalue weighted by Gasteiger charge is 2.52. The van der Waals surface area contributed by atoms with Gasteiger partial charge >= 0.3 is 7.12 Å². The minimum atomic E-state index is -0.492. The van der Waals surface area contributed by atoms with Crippen LogP contribution in [0.5, 0.6) is 0 Å². The van der Waals surface area contributed by atoms with Crippen LogP contribution in [0.25, 0.3) is 6.08 Å². The van der Waals surface area contributed by atoms with Gasteiger partial charge in [0.25, 0.3) is 0 Å². The zero-order valence-corrected chi connectivity index (χ0v) is 15.1. The highest BCUT2D eigenvalue weighted by molar-refractivity contribution is 8.13. The van der Waals surface area contributed by atoms with Gasteiger partial charge in [0.2, 0.25) is 0 Å². The fourth-order valence-electron chi connectivity index (χ4n) is 2.13. The van der Waals surface area contributed by atoms with Crippen molar-refractivity contribution in [2.75, 3.05) is 11.5 Å². The quantitative estimate of drug-likeness (QED) is 0.854. The van der Waals surface area contributed by atoms with E-state index in [1.165, 1.54) is 11.8 Å². The molecular formula is C16H23BN2O3S. The fourth-order valence-corrected chi connectivity index (χ4v) is 2.72. The Kier molecular flexibility index (Phi) is 5.23. The Morgan fingerprint density at radius 3 is 2.43 bits per heavy atom. The molecule has 1 aromatic rings. The molecule has 2 heterocycles. The molecule has 1 fully saturated rings. The summed E-state index contributed by atoms with van der Waals surface area (Å²) in [7, 11) is -0.492. The first-order chi connectivity index (χ1) is 10.6. The molecule has 0 aromatic carbocycles. The van der Waals surface area contributed by atoms with Gasteiger partial charge in [-0.05, 0) is 44.8 Å². The van der Waals surface area contributed by atoms with Gasteiger partial charge in [0, 0.05) is 25.1 Å². The Hall–Kier alpha value is -1.31. The number of pyridine rings is 1. The molecule has 0 unspecified atom stereocenters. The molecule has 0 bridgehead atoms. The monoisotopic (exact) mass is 334 g/mol. The summed E-state index contributed by atoms with van der Waals surface area (Å²) in [5.74, 6) is 0.501. The maximum atomic E-state index is 11.3. The minimum absolute atomic E-state index is 0.0538. The molecule has 0 saturated carbocycles. The number of thioether (sulfide) groups is 1. The van der Waals surface area contributed by atoms with E-state index in [1.807, 2.05) is 39.8 Å². The second kappa shape index (κ2) is 6.67. The van der Waals surface area contributed by atoms with E-state index in [4.69, 9.17) is 15.0 Å². The summed E-state index contributed by atoms with van der Waals surface area (Å²) in [6.45, 7) is 9.57. The molecule has 2 rings (SSSR count). The van der Waals surface area contributed by atoms with Crippen LogP contribution in [0.2, 0.25) is 0 Å². The van der Waals surface area contributed by atoms with E-state index in [-0.39, 0.29) is 5.12 Å². The molecule has 5 nitrogen and oxygen atoms in total. The molecule has 0 aliphatic carbocycles. The molecular weight excluding hydrogens is 311 g/mol. The average molecular weight is 334 g/mol. The van der Waals surface area contributed by atoms with Crippen molar-refractivity contribution in [3.05, 3.63) is 29.5 Å². The number of rotatable bonds is 4. The molecule has 0 spiro atoms. The minimum Gasteiger partial charge on any atom is -0.400 e. The highest BCUT2D eigenvalue weighted by Crippen LogP contribution is 2.39. The maximum absolute atomic E-state index is 11.3. The van der Waals surface area contributed by atoms with Crippen LogP contribution in [0.4, 0.5) is 5.69 Å². The summed E-state index contributed by atoms with van der Waals surface area (Å²) in [6, 6.07) is 1.83. The molecule has 124 valence electrons. The van der Waals surface area contributed by atoms with E-state index in [2.05, 4.69) is 4.98 Å². The number of anilines is 1. The van der Waals surface area contributed by atoms with Crippen molar-refractivity contribution in [3.63, 3.8) is 0 Å². The number of aromatic nitrogens is 1. The third-order valence-corrected chi connectivity index (χ3v) is 5.01. The number of nitrogens with zero attached hydrogens (tertiary/aromatic N) is 1. The average Bonchev–Trinajstić information content (AvgIpc) is 2.63. The topological polar surface area (TPSA) is 74.4 Å². The first-order valence-electron chi connectivity index (χ1n) is 7.51. The molecule has 0 radical (unpaired) electrons. The van der Waals surface area contributed by atoms with E-state index < -0.39 is 18.3 Å². The summed E-state index contributed by atoms with van der Waals surface area (Å²) in [4.78, 5) is 15.4. The smallest absolute Gasteiger partial charge is 0.400 e. The van der Waals surface area contributed by atoms with Gasteiger partial charge in [0.1, 0.15) is 0 Å². The molecule has 1 aromatic heterocycles. The molecule has 7 heteroatoms. The van der Waals surface area contributed by atoms with Crippen molar-refractivity contribution in [2.45, 2.75) is 45.8 Å². The summed E-state index contributed by atoms with van der Waals surface area (Å²) >= 11 is 1.23. The number of nitrogens with two attached hydrogens (primary N) is 1. The number of hydrogen-bond donors (Lipinski definition) is 1. The number of carbonyl (C=O) groups excluding carboxylic acids is 1. The van der Waals surface area contributed by atoms with E-state index >= 15 is 0 Å². The van der Waals surface area contributed by atoms with Gasteiger partial charge in [-0.25, -0.2) is 0 Å². The van der Waals surface area contributed by atoms with Gasteiger partial charge in [-0.1, -0.05) is 17.8 Å². The summed E-state index contributed by atoms with van der Waals surface area (Å²) in [5.41, 5.74) is 7.27. The van der Waals surface area contributed by atoms with Crippen molar-refractivity contribution in [2.24, 2.45) is 0 Å². The van der Waals surface area contributed by atoms with Crippen molar-refractivity contribution < 1.29 is 14.1 Å². The van der Waals surface area contributed by atoms with Crippen LogP contribution in [0.3, 0.4) is 0 Å². The lowest BCUT2D eigenvalue weighted by molar-refractivity contribution is -0.109. The molecule has 0 atom stereocenters. The van der Waals surface area contributed by atoms with E-state index in [0.29, 0.717) is 11.4 Å². The molecule has 1 saturated heterocycles. The zero-order valence-electron chi connectivity index (χ0n) is 14.3. The lowest BCUT2D eigenvalue weighted by Gasteiger charge is -2.32. The second-order valence-corrected chi connectivity index (χ2v) is 7.79. The Balaban J connectivity index is 2.30. The molecule has 2 N–H and O–H groups in total. The summed E-state index contributed by atoms with van der Waals surface area (Å²) in [5, 5.41) is 0.0538. The van der Waals surface area contributed by atoms with Crippen LogP contribution in [-0.2, 0) is 14.1 Å². The van der Waals surface area contributed by atoms with Crippen LogP contribution in [0, 0.1) is 0 Å². The first-order valence-corrected chi connectivity index (χ1v) is 8.49. The normalized spacial score (nSPS) is 19.9. The van der Waals surface area contributed by atoms with E-state index in [9.17, 15) is 4.79 Å². The third kappa shape index (κ3) is 4.37. The van der Waals surface area contributed by atoms with Gasteiger partial charge < -0.3 is 15.0 Å². The van der Waals surface area contributed by atoms with Crippen molar-refractivity contribution in [1.29, 1.82) is 0 Å². The molecule has 23 heavy (non-hydrogen) atoms. The molecule has 1 aliphatic rings. The lowest BCUT2D eigenvalue weighted by Crippen LogP contribution is -2.41. The first kappa shape index (κ1) is 18.0. The lowest BCUT2D eigenvalue weighted by atomic mass is 9.78. The maximum Gasteiger partial charge on any atom is 0.491 e. The van der Waals surface area contributed by atoms with Crippen LogP contribution in [0.1, 0.15) is 40.2 Å². The van der Waals surface area contributed by atoms with Gasteiger partial charge in [-0.15, -0.1) is 0 Å². The van der Waals surface area contributed by atoms with Crippen molar-refractivity contribution in [1.82, 2.24) is 4.98 Å². The van der Waals surface area contributed by atoms with Gasteiger partial charge in [0.05, 0.1) is 16.9 Å². The largest absolute Gasteiger partial charge is 0.491 e. The number of nitrogen functional groups attached to an aromatic ring is 1. The standard InChI is InChI=1S/C16H23BN2O3S/c1-11(20)23-10-13(6-12-7-14(18)9-19-8-12)17-21-15(2,3)16(4,5)22-17/h6-9H,10,18H2,1-5H3. The summed E-state index contributed by atoms with van der Waals surface area (Å²) < 4.78 is 12.2. The Labute approximate surface area is 142 Å². The van der Waals surface area contributed by atoms with Crippen LogP contribution in [0.15, 0.2) is 23.9 Å². The predicted octanol–water partition coefficient (Wildman–Crippen LogP) is 2.96. The van der Waals surface area contributed by atoms with Crippen LogP contribution in [-0.4, -0.2) is 34.2 Å². The second-order valence-electron chi connectivity index (χ2n) is 6.64. The van der Waals surface area contributed by atoms with E-state index in [1.54, 1.807) is 19.3 Å². The fraction of sp³-hybridized carbons (Fsp3) is 0.500. The van der Waals surface area contributed by atoms with Gasteiger partial charge in [-0.2, -0.15) is 0 Å². The molecule has 0 amide bonds. The SMILES string of the molecule is CC(=O)SCC(=Cc1cncc(N)c1)B1OC(C)(C)C(C)(C)O1. The highest BCUT2D eigenvalue weighted by atomic mass is 32.2. The van der Waals surface area contributed by atoms with Gasteiger partial charge in [0.15, 0.2) is 5.12 Å². The third-order valence-electron chi connectivity index (χ3n) is 4.13. The molecule has 1 aliphatic heterocycles. The predicted molar refractivity (Wildman–Crippen MR) is 95.8 cm³/mol. The van der Waals surface area contributed by atoms with Crippen molar-refractivity contribution in [3.8, 4) is 0 Å². The zero-order chi connectivity index (χ0) is 17.3. The number of hydrogen-bond acceptors (Lipinski definition) is 6. The van der Waals surface area contributed by atoms with Crippen LogP contribution < -0.4 is 5.73 Å².